The normalized spacial score (nSPS) is 9.50. The van der Waals surface area contributed by atoms with Crippen LogP contribution in [0.2, 0.25) is 0 Å². The van der Waals surface area contributed by atoms with Crippen LogP contribution in [0.25, 0.3) is 0 Å². The molecular formula is C6H6BNO4. The van der Waals surface area contributed by atoms with E-state index in [4.69, 9.17) is 15.2 Å². The van der Waals surface area contributed by atoms with Crippen molar-refractivity contribution < 1.29 is 19.9 Å². The molecule has 0 radical (unpaired) electrons. The number of aromatic hydroxyl groups is 1. The van der Waals surface area contributed by atoms with Gasteiger partial charge in [-0.1, -0.05) is 0 Å². The molecule has 1 aromatic heterocycles. The molecule has 6 heteroatoms. The lowest BCUT2D eigenvalue weighted by atomic mass is 9.78. The smallest absolute Gasteiger partial charge is 0.490 e. The Labute approximate surface area is 68.5 Å². The minimum atomic E-state index is -1.80. The fourth-order valence-electron chi connectivity index (χ4n) is 0.809. The number of aromatic nitrogens is 1. The van der Waals surface area contributed by atoms with Gasteiger partial charge in [0, 0.05) is 11.7 Å². The summed E-state index contributed by atoms with van der Waals surface area (Å²) in [7, 11) is -1.80. The van der Waals surface area contributed by atoms with E-state index in [-0.39, 0.29) is 16.8 Å². The lowest BCUT2D eigenvalue weighted by molar-refractivity contribution is 0.112. The molecule has 0 aliphatic heterocycles. The maximum atomic E-state index is 10.3. The fraction of sp³-hybridized carbons (Fsp3) is 0. The van der Waals surface area contributed by atoms with Crippen LogP contribution in [0.15, 0.2) is 12.4 Å². The van der Waals surface area contributed by atoms with Crippen LogP contribution in [0.3, 0.4) is 0 Å². The number of hydrogen-bond donors (Lipinski definition) is 3. The van der Waals surface area contributed by atoms with Crippen molar-refractivity contribution in [2.75, 3.05) is 0 Å². The summed E-state index contributed by atoms with van der Waals surface area (Å²) in [6.07, 6.45) is 2.50. The number of rotatable bonds is 2. The largest absolute Gasteiger partial charge is 0.506 e. The summed E-state index contributed by atoms with van der Waals surface area (Å²) < 4.78 is 0. The number of nitrogens with zero attached hydrogens (tertiary/aromatic N) is 1. The van der Waals surface area contributed by atoms with E-state index in [0.717, 1.165) is 12.4 Å². The van der Waals surface area contributed by atoms with Gasteiger partial charge in [-0.2, -0.15) is 0 Å². The molecule has 1 aromatic rings. The Morgan fingerprint density at radius 3 is 2.50 bits per heavy atom. The quantitative estimate of drug-likeness (QED) is 0.360. The van der Waals surface area contributed by atoms with Crippen LogP contribution in [0.4, 0.5) is 0 Å². The van der Waals surface area contributed by atoms with E-state index in [1.165, 1.54) is 0 Å². The van der Waals surface area contributed by atoms with E-state index in [0.29, 0.717) is 6.29 Å². The third kappa shape index (κ3) is 1.44. The average Bonchev–Trinajstić information content (AvgIpc) is 2.03. The number of hydrogen-bond acceptors (Lipinski definition) is 5. The molecule has 0 saturated carbocycles. The van der Waals surface area contributed by atoms with Crippen LogP contribution in [0, 0.1) is 0 Å². The van der Waals surface area contributed by atoms with E-state index in [1.807, 2.05) is 0 Å². The van der Waals surface area contributed by atoms with Crippen LogP contribution in [0.1, 0.15) is 10.4 Å². The summed E-state index contributed by atoms with van der Waals surface area (Å²) in [4.78, 5) is 13.8. The van der Waals surface area contributed by atoms with Gasteiger partial charge in [-0.15, -0.1) is 0 Å². The van der Waals surface area contributed by atoms with Crippen molar-refractivity contribution in [2.24, 2.45) is 0 Å². The predicted octanol–water partition coefficient (Wildman–Crippen LogP) is -1.72. The Kier molecular flexibility index (Phi) is 2.42. The SMILES string of the molecule is O=Cc1c(O)cncc1B(O)O. The average molecular weight is 167 g/mol. The minimum Gasteiger partial charge on any atom is -0.506 e. The third-order valence-corrected chi connectivity index (χ3v) is 1.39. The van der Waals surface area contributed by atoms with Crippen molar-refractivity contribution >= 4 is 18.9 Å². The Morgan fingerprint density at radius 2 is 2.08 bits per heavy atom. The molecule has 1 rings (SSSR count). The molecule has 0 aliphatic carbocycles. The lowest BCUT2D eigenvalue weighted by Crippen LogP contribution is -2.33. The molecule has 62 valence electrons. The van der Waals surface area contributed by atoms with E-state index < -0.39 is 7.12 Å². The van der Waals surface area contributed by atoms with Crippen LogP contribution < -0.4 is 5.46 Å². The van der Waals surface area contributed by atoms with Crippen molar-refractivity contribution in [2.45, 2.75) is 0 Å². The summed E-state index contributed by atoms with van der Waals surface area (Å²) in [5, 5.41) is 26.4. The van der Waals surface area contributed by atoms with Gasteiger partial charge in [0.25, 0.3) is 0 Å². The summed E-state index contributed by atoms with van der Waals surface area (Å²) in [6.45, 7) is 0. The van der Waals surface area contributed by atoms with Gasteiger partial charge in [0.2, 0.25) is 0 Å². The lowest BCUT2D eigenvalue weighted by Gasteiger charge is -2.02. The first kappa shape index (κ1) is 8.70. The monoisotopic (exact) mass is 167 g/mol. The van der Waals surface area contributed by atoms with Crippen LogP contribution in [-0.4, -0.2) is 33.5 Å². The van der Waals surface area contributed by atoms with Gasteiger partial charge in [0.05, 0.1) is 11.8 Å². The van der Waals surface area contributed by atoms with E-state index >= 15 is 0 Å². The topological polar surface area (TPSA) is 90.7 Å². The molecule has 0 fully saturated rings. The number of carbonyl (C=O) groups is 1. The molecule has 0 bridgehead atoms. The van der Waals surface area contributed by atoms with Gasteiger partial charge in [0.15, 0.2) is 6.29 Å². The van der Waals surface area contributed by atoms with Crippen molar-refractivity contribution in [3.05, 3.63) is 18.0 Å². The van der Waals surface area contributed by atoms with Crippen molar-refractivity contribution in [3.63, 3.8) is 0 Å². The molecular weight excluding hydrogens is 161 g/mol. The molecule has 5 nitrogen and oxygen atoms in total. The van der Waals surface area contributed by atoms with Crippen LogP contribution >= 0.6 is 0 Å². The molecule has 0 amide bonds. The number of pyridine rings is 1. The Hall–Kier alpha value is -1.40. The zero-order chi connectivity index (χ0) is 9.14. The third-order valence-electron chi connectivity index (χ3n) is 1.39. The molecule has 0 aromatic carbocycles. The molecule has 3 N–H and O–H groups in total. The van der Waals surface area contributed by atoms with E-state index in [9.17, 15) is 4.79 Å². The molecule has 0 spiro atoms. The molecule has 12 heavy (non-hydrogen) atoms. The minimum absolute atomic E-state index is 0.106. The molecule has 0 aliphatic rings. The van der Waals surface area contributed by atoms with Gasteiger partial charge in [0.1, 0.15) is 5.75 Å². The highest BCUT2D eigenvalue weighted by atomic mass is 16.4. The summed E-state index contributed by atoms with van der Waals surface area (Å²) in [5.41, 5.74) is -0.259. The van der Waals surface area contributed by atoms with Crippen LogP contribution in [0.5, 0.6) is 5.75 Å². The van der Waals surface area contributed by atoms with Crippen LogP contribution in [-0.2, 0) is 0 Å². The molecule has 0 unspecified atom stereocenters. The van der Waals surface area contributed by atoms with E-state index in [2.05, 4.69) is 4.98 Å². The zero-order valence-corrected chi connectivity index (χ0v) is 6.01. The Bertz CT molecular complexity index is 302. The van der Waals surface area contributed by atoms with Gasteiger partial charge in [-0.3, -0.25) is 9.78 Å². The highest BCUT2D eigenvalue weighted by Crippen LogP contribution is 2.09. The summed E-state index contributed by atoms with van der Waals surface area (Å²) >= 11 is 0. The van der Waals surface area contributed by atoms with Gasteiger partial charge in [-0.25, -0.2) is 0 Å². The summed E-state index contributed by atoms with van der Waals surface area (Å²) in [6, 6.07) is 0. The molecule has 1 heterocycles. The highest BCUT2D eigenvalue weighted by Gasteiger charge is 2.18. The predicted molar refractivity (Wildman–Crippen MR) is 41.1 cm³/mol. The maximum absolute atomic E-state index is 10.3. The number of carbonyl (C=O) groups excluding carboxylic acids is 1. The fourth-order valence-corrected chi connectivity index (χ4v) is 0.809. The number of aldehydes is 1. The first-order chi connectivity index (χ1) is 5.66. The van der Waals surface area contributed by atoms with Gasteiger partial charge < -0.3 is 15.2 Å². The Morgan fingerprint density at radius 1 is 1.42 bits per heavy atom. The Balaban J connectivity index is 3.27. The van der Waals surface area contributed by atoms with Gasteiger partial charge >= 0.3 is 7.12 Å². The second-order valence-electron chi connectivity index (χ2n) is 2.15. The molecule has 0 saturated heterocycles. The molecule has 0 atom stereocenters. The van der Waals surface area contributed by atoms with Crippen molar-refractivity contribution in [1.82, 2.24) is 4.98 Å². The second kappa shape index (κ2) is 3.33. The standard InChI is InChI=1S/C6H6BNO4/c9-3-4-5(7(11)12)1-8-2-6(4)10/h1-3,10-12H. The summed E-state index contributed by atoms with van der Waals surface area (Å²) in [5.74, 6) is -0.365. The zero-order valence-electron chi connectivity index (χ0n) is 6.01. The van der Waals surface area contributed by atoms with E-state index in [1.54, 1.807) is 0 Å². The highest BCUT2D eigenvalue weighted by molar-refractivity contribution is 6.60. The van der Waals surface area contributed by atoms with Crippen molar-refractivity contribution in [3.8, 4) is 5.75 Å². The second-order valence-corrected chi connectivity index (χ2v) is 2.15. The van der Waals surface area contributed by atoms with Gasteiger partial charge in [-0.05, 0) is 0 Å². The van der Waals surface area contributed by atoms with Crippen molar-refractivity contribution in [1.29, 1.82) is 0 Å². The first-order valence-corrected chi connectivity index (χ1v) is 3.15. The maximum Gasteiger partial charge on any atom is 0.490 e. The first-order valence-electron chi connectivity index (χ1n) is 3.15.